The molecule has 2 aromatic rings. The predicted molar refractivity (Wildman–Crippen MR) is 106 cm³/mol. The maximum atomic E-state index is 12.5. The summed E-state index contributed by atoms with van der Waals surface area (Å²) in [5, 5.41) is 2.75. The molecule has 0 aliphatic heterocycles. The highest BCUT2D eigenvalue weighted by atomic mass is 32.2. The topological polar surface area (TPSA) is 89.5 Å². The third kappa shape index (κ3) is 4.25. The van der Waals surface area contributed by atoms with Gasteiger partial charge >= 0.3 is 5.97 Å². The molecule has 1 atom stereocenters. The molecule has 1 aliphatic carbocycles. The number of nitrogens with one attached hydrogen (secondary N) is 1. The zero-order valence-corrected chi connectivity index (χ0v) is 16.7. The lowest BCUT2D eigenvalue weighted by atomic mass is 10.1. The number of ether oxygens (including phenoxy) is 1. The zero-order chi connectivity index (χ0) is 20.3. The second-order valence-corrected chi connectivity index (χ2v) is 9.02. The van der Waals surface area contributed by atoms with E-state index in [9.17, 15) is 18.0 Å². The summed E-state index contributed by atoms with van der Waals surface area (Å²) in [6.07, 6.45) is 2.09. The van der Waals surface area contributed by atoms with Gasteiger partial charge in [0, 0.05) is 5.69 Å². The summed E-state index contributed by atoms with van der Waals surface area (Å²) >= 11 is 0. The molecule has 1 N–H and O–H groups in total. The van der Waals surface area contributed by atoms with E-state index >= 15 is 0 Å². The lowest BCUT2D eigenvalue weighted by Gasteiger charge is -2.15. The van der Waals surface area contributed by atoms with Gasteiger partial charge in [-0.25, -0.2) is 13.2 Å². The van der Waals surface area contributed by atoms with Gasteiger partial charge in [-0.15, -0.1) is 0 Å². The largest absolute Gasteiger partial charge is 0.449 e. The van der Waals surface area contributed by atoms with E-state index in [0.29, 0.717) is 5.69 Å². The highest BCUT2D eigenvalue weighted by Gasteiger charge is 2.25. The number of carbonyl (C=O) groups is 2. The average molecular weight is 401 g/mol. The van der Waals surface area contributed by atoms with Crippen LogP contribution in [0.1, 0.15) is 41.8 Å². The first kappa shape index (κ1) is 20.1. The smallest absolute Gasteiger partial charge is 0.340 e. The summed E-state index contributed by atoms with van der Waals surface area (Å²) in [7, 11) is -3.59. The molecule has 0 bridgehead atoms. The molecule has 3 rings (SSSR count). The summed E-state index contributed by atoms with van der Waals surface area (Å²) < 4.78 is 29.6. The Bertz CT molecular complexity index is 1010. The highest BCUT2D eigenvalue weighted by molar-refractivity contribution is 7.91. The Hall–Kier alpha value is -2.67. The van der Waals surface area contributed by atoms with Crippen LogP contribution in [0.15, 0.2) is 47.4 Å². The highest BCUT2D eigenvalue weighted by Crippen LogP contribution is 2.25. The summed E-state index contributed by atoms with van der Waals surface area (Å²) in [6, 6.07) is 11.6. The van der Waals surface area contributed by atoms with E-state index in [2.05, 4.69) is 5.32 Å². The minimum atomic E-state index is -3.59. The molecule has 0 saturated heterocycles. The van der Waals surface area contributed by atoms with Crippen LogP contribution >= 0.6 is 0 Å². The van der Waals surface area contributed by atoms with E-state index in [1.54, 1.807) is 12.1 Å². The van der Waals surface area contributed by atoms with Gasteiger partial charge in [-0.05, 0) is 61.6 Å². The SMILES string of the molecule is CCS(=O)(=O)c1ccccc1C(=O)O[C@H](C)C(=O)Nc1ccc2c(c1)CCC2. The molecule has 1 aliphatic rings. The van der Waals surface area contributed by atoms with Gasteiger partial charge in [0.1, 0.15) is 0 Å². The van der Waals surface area contributed by atoms with Crippen molar-refractivity contribution in [3.05, 3.63) is 59.2 Å². The summed E-state index contributed by atoms with van der Waals surface area (Å²) in [6.45, 7) is 2.96. The summed E-state index contributed by atoms with van der Waals surface area (Å²) in [4.78, 5) is 24.8. The third-order valence-corrected chi connectivity index (χ3v) is 6.63. The number of hydrogen-bond donors (Lipinski definition) is 1. The van der Waals surface area contributed by atoms with Crippen LogP contribution in [0.5, 0.6) is 0 Å². The van der Waals surface area contributed by atoms with E-state index in [0.717, 1.165) is 19.3 Å². The average Bonchev–Trinajstić information content (AvgIpc) is 3.15. The van der Waals surface area contributed by atoms with Gasteiger partial charge in [-0.1, -0.05) is 25.1 Å². The zero-order valence-electron chi connectivity index (χ0n) is 15.9. The Morgan fingerprint density at radius 3 is 2.57 bits per heavy atom. The molecule has 0 spiro atoms. The number of anilines is 1. The van der Waals surface area contributed by atoms with Crippen LogP contribution in [-0.2, 0) is 32.2 Å². The van der Waals surface area contributed by atoms with Crippen molar-refractivity contribution in [2.45, 2.75) is 44.1 Å². The molecule has 7 heteroatoms. The van der Waals surface area contributed by atoms with Crippen molar-refractivity contribution in [1.82, 2.24) is 0 Å². The van der Waals surface area contributed by atoms with E-state index in [-0.39, 0.29) is 16.2 Å². The van der Waals surface area contributed by atoms with E-state index in [4.69, 9.17) is 4.74 Å². The molecular formula is C21H23NO5S. The normalized spacial score (nSPS) is 14.2. The van der Waals surface area contributed by atoms with Crippen LogP contribution in [0, 0.1) is 0 Å². The maximum absolute atomic E-state index is 12.5. The van der Waals surface area contributed by atoms with Gasteiger partial charge in [-0.2, -0.15) is 0 Å². The van der Waals surface area contributed by atoms with Crippen molar-refractivity contribution < 1.29 is 22.7 Å². The lowest BCUT2D eigenvalue weighted by Crippen LogP contribution is -2.30. The molecule has 2 aromatic carbocycles. The molecule has 0 aromatic heterocycles. The number of aryl methyl sites for hydroxylation is 2. The standard InChI is InChI=1S/C21H23NO5S/c1-3-28(25,26)19-10-5-4-9-18(19)21(24)27-14(2)20(23)22-17-12-11-15-7-6-8-16(15)13-17/h4-5,9-14H,3,6-8H2,1-2H3,(H,22,23)/t14-/m1/s1. The molecule has 1 amide bonds. The van der Waals surface area contributed by atoms with E-state index < -0.39 is 27.8 Å². The van der Waals surface area contributed by atoms with Crippen molar-refractivity contribution in [2.24, 2.45) is 0 Å². The van der Waals surface area contributed by atoms with Crippen molar-refractivity contribution >= 4 is 27.4 Å². The number of sulfone groups is 1. The first-order valence-electron chi connectivity index (χ1n) is 9.27. The van der Waals surface area contributed by atoms with Gasteiger partial charge in [0.15, 0.2) is 15.9 Å². The van der Waals surface area contributed by atoms with Crippen LogP contribution < -0.4 is 5.32 Å². The van der Waals surface area contributed by atoms with E-state index in [1.165, 1.54) is 37.1 Å². The van der Waals surface area contributed by atoms with Crippen molar-refractivity contribution in [3.63, 3.8) is 0 Å². The number of carbonyl (C=O) groups excluding carboxylic acids is 2. The Kier molecular flexibility index (Phi) is 5.84. The molecule has 0 heterocycles. The van der Waals surface area contributed by atoms with Crippen LogP contribution in [0.4, 0.5) is 5.69 Å². The lowest BCUT2D eigenvalue weighted by molar-refractivity contribution is -0.123. The van der Waals surface area contributed by atoms with Gasteiger partial charge < -0.3 is 10.1 Å². The molecule has 0 fully saturated rings. The number of rotatable bonds is 6. The molecule has 148 valence electrons. The fourth-order valence-electron chi connectivity index (χ4n) is 3.23. The van der Waals surface area contributed by atoms with Crippen LogP contribution in [0.25, 0.3) is 0 Å². The Balaban J connectivity index is 1.70. The van der Waals surface area contributed by atoms with Crippen LogP contribution in [0.3, 0.4) is 0 Å². The van der Waals surface area contributed by atoms with Crippen molar-refractivity contribution in [2.75, 3.05) is 11.1 Å². The van der Waals surface area contributed by atoms with Crippen LogP contribution in [0.2, 0.25) is 0 Å². The Morgan fingerprint density at radius 2 is 1.82 bits per heavy atom. The van der Waals surface area contributed by atoms with Crippen molar-refractivity contribution in [1.29, 1.82) is 0 Å². The summed E-state index contributed by atoms with van der Waals surface area (Å²) in [5.41, 5.74) is 3.11. The number of amides is 1. The second-order valence-electron chi connectivity index (χ2n) is 6.77. The fourth-order valence-corrected chi connectivity index (χ4v) is 4.32. The maximum Gasteiger partial charge on any atom is 0.340 e. The van der Waals surface area contributed by atoms with Gasteiger partial charge in [0.2, 0.25) is 0 Å². The first-order valence-corrected chi connectivity index (χ1v) is 10.9. The minimum Gasteiger partial charge on any atom is -0.449 e. The first-order chi connectivity index (χ1) is 13.3. The predicted octanol–water partition coefficient (Wildman–Crippen LogP) is 3.15. The number of hydrogen-bond acceptors (Lipinski definition) is 5. The van der Waals surface area contributed by atoms with Crippen LogP contribution in [-0.4, -0.2) is 32.2 Å². The second kappa shape index (κ2) is 8.14. The quantitative estimate of drug-likeness (QED) is 0.751. The number of fused-ring (bicyclic) bond motifs is 1. The van der Waals surface area contributed by atoms with Crippen molar-refractivity contribution in [3.8, 4) is 0 Å². The minimum absolute atomic E-state index is 0.0680. The molecular weight excluding hydrogens is 378 g/mol. The van der Waals surface area contributed by atoms with Gasteiger partial charge in [-0.3, -0.25) is 4.79 Å². The number of benzene rings is 2. The third-order valence-electron chi connectivity index (χ3n) is 4.84. The monoisotopic (exact) mass is 401 g/mol. The Morgan fingerprint density at radius 1 is 1.11 bits per heavy atom. The molecule has 6 nitrogen and oxygen atoms in total. The van der Waals surface area contributed by atoms with Gasteiger partial charge in [0.25, 0.3) is 5.91 Å². The fraction of sp³-hybridized carbons (Fsp3) is 0.333. The van der Waals surface area contributed by atoms with Gasteiger partial charge in [0.05, 0.1) is 16.2 Å². The molecule has 0 radical (unpaired) electrons. The molecule has 0 unspecified atom stereocenters. The Labute approximate surface area is 164 Å². The number of esters is 1. The summed E-state index contributed by atoms with van der Waals surface area (Å²) in [5.74, 6) is -1.45. The van der Waals surface area contributed by atoms with E-state index in [1.807, 2.05) is 18.2 Å². The molecule has 0 saturated carbocycles. The molecule has 28 heavy (non-hydrogen) atoms.